The van der Waals surface area contributed by atoms with E-state index in [1.807, 2.05) is 36.7 Å². The summed E-state index contributed by atoms with van der Waals surface area (Å²) >= 11 is 0. The van der Waals surface area contributed by atoms with E-state index in [0.717, 1.165) is 68.4 Å². The molecular formula is C28H33F2N5O. The average Bonchev–Trinajstić information content (AvgIpc) is 3.40. The summed E-state index contributed by atoms with van der Waals surface area (Å²) in [6, 6.07) is 8.08. The summed E-state index contributed by atoms with van der Waals surface area (Å²) in [6.07, 6.45) is 6.95. The molecule has 190 valence electrons. The maximum Gasteiger partial charge on any atom is 0.225 e. The molecule has 1 fully saturated rings. The third-order valence-corrected chi connectivity index (χ3v) is 7.35. The first-order valence-electron chi connectivity index (χ1n) is 12.7. The van der Waals surface area contributed by atoms with Gasteiger partial charge in [0, 0.05) is 69.4 Å². The Kier molecular flexibility index (Phi) is 7.53. The molecule has 6 nitrogen and oxygen atoms in total. The van der Waals surface area contributed by atoms with Gasteiger partial charge < -0.3 is 9.64 Å². The Balaban J connectivity index is 1.23. The van der Waals surface area contributed by atoms with Crippen LogP contribution in [-0.2, 0) is 4.74 Å². The maximum atomic E-state index is 14.6. The van der Waals surface area contributed by atoms with Crippen molar-refractivity contribution in [3.05, 3.63) is 65.5 Å². The van der Waals surface area contributed by atoms with Gasteiger partial charge in [-0.3, -0.25) is 9.89 Å². The van der Waals surface area contributed by atoms with Gasteiger partial charge in [0.1, 0.15) is 11.7 Å². The van der Waals surface area contributed by atoms with Crippen molar-refractivity contribution < 1.29 is 13.5 Å². The lowest BCUT2D eigenvalue weighted by Gasteiger charge is -2.34. The van der Waals surface area contributed by atoms with Gasteiger partial charge in [-0.2, -0.15) is 0 Å². The molecule has 2 aliphatic heterocycles. The van der Waals surface area contributed by atoms with Crippen molar-refractivity contribution in [3.8, 4) is 11.1 Å². The van der Waals surface area contributed by atoms with E-state index < -0.39 is 5.83 Å². The zero-order valence-corrected chi connectivity index (χ0v) is 21.0. The fourth-order valence-corrected chi connectivity index (χ4v) is 5.07. The molecule has 0 saturated carbocycles. The zero-order chi connectivity index (χ0) is 25.1. The number of allylic oxidation sites excluding steroid dienone is 4. The first-order chi connectivity index (χ1) is 17.5. The predicted molar refractivity (Wildman–Crippen MR) is 139 cm³/mol. The number of nitrogens with zero attached hydrogens (tertiary/aromatic N) is 5. The quantitative estimate of drug-likeness (QED) is 0.524. The fourth-order valence-electron chi connectivity index (χ4n) is 5.07. The number of ether oxygens (including phenoxy) is 1. The molecule has 1 aliphatic carbocycles. The molecule has 0 spiro atoms. The van der Waals surface area contributed by atoms with Gasteiger partial charge in [0.2, 0.25) is 5.95 Å². The smallest absolute Gasteiger partial charge is 0.225 e. The number of aromatic nitrogens is 2. The van der Waals surface area contributed by atoms with Crippen molar-refractivity contribution >= 4 is 11.7 Å². The molecule has 2 atom stereocenters. The SMILES string of the molecule is COCCN1CCN(c2ncc(-c3ccc(C4CCC(C5=C(F)C(C)CC=C5F)=N4)cc3)cn2)CC1. The van der Waals surface area contributed by atoms with E-state index in [4.69, 9.17) is 9.73 Å². The third kappa shape index (κ3) is 5.25. The van der Waals surface area contributed by atoms with Crippen LogP contribution in [-0.4, -0.2) is 67.0 Å². The number of hydrogen-bond acceptors (Lipinski definition) is 6. The standard InChI is InChI=1S/C28H33F2N5O/c1-19-3-8-23(29)26(27(19)30)25-10-9-24(33-25)21-6-4-20(5-7-21)22-17-31-28(32-18-22)35-13-11-34(12-14-35)15-16-36-2/h4-8,17-19,24H,3,9-16H2,1-2H3. The molecule has 2 unspecified atom stereocenters. The average molecular weight is 494 g/mol. The molecule has 3 heterocycles. The van der Waals surface area contributed by atoms with Gasteiger partial charge in [0.15, 0.2) is 0 Å². The van der Waals surface area contributed by atoms with E-state index in [9.17, 15) is 8.78 Å². The van der Waals surface area contributed by atoms with Crippen LogP contribution in [0.5, 0.6) is 0 Å². The Bertz CT molecular complexity index is 1150. The maximum absolute atomic E-state index is 14.6. The van der Waals surface area contributed by atoms with Crippen molar-refractivity contribution in [1.29, 1.82) is 0 Å². The van der Waals surface area contributed by atoms with Crippen LogP contribution in [0, 0.1) is 5.92 Å². The van der Waals surface area contributed by atoms with Gasteiger partial charge in [0.25, 0.3) is 0 Å². The van der Waals surface area contributed by atoms with Crippen molar-refractivity contribution in [1.82, 2.24) is 14.9 Å². The van der Waals surface area contributed by atoms with E-state index in [1.54, 1.807) is 14.0 Å². The number of benzene rings is 1. The van der Waals surface area contributed by atoms with E-state index in [2.05, 4.69) is 19.8 Å². The first-order valence-corrected chi connectivity index (χ1v) is 12.7. The molecule has 0 amide bonds. The lowest BCUT2D eigenvalue weighted by molar-refractivity contribution is 0.143. The second kappa shape index (κ2) is 11.0. The molecule has 0 radical (unpaired) electrons. The van der Waals surface area contributed by atoms with Gasteiger partial charge in [-0.1, -0.05) is 31.2 Å². The van der Waals surface area contributed by atoms with Crippen LogP contribution in [0.4, 0.5) is 14.7 Å². The number of hydrogen-bond donors (Lipinski definition) is 0. The van der Waals surface area contributed by atoms with Gasteiger partial charge in [-0.15, -0.1) is 0 Å². The molecule has 5 rings (SSSR count). The van der Waals surface area contributed by atoms with Crippen molar-refractivity contribution in [3.63, 3.8) is 0 Å². The monoisotopic (exact) mass is 493 g/mol. The van der Waals surface area contributed by atoms with Gasteiger partial charge in [0.05, 0.1) is 18.2 Å². The summed E-state index contributed by atoms with van der Waals surface area (Å²) in [5.74, 6) is -0.382. The molecule has 36 heavy (non-hydrogen) atoms. The number of rotatable bonds is 7. The molecular weight excluding hydrogens is 460 g/mol. The van der Waals surface area contributed by atoms with Crippen LogP contribution in [0.3, 0.4) is 0 Å². The molecule has 0 bridgehead atoms. The van der Waals surface area contributed by atoms with E-state index in [0.29, 0.717) is 18.6 Å². The highest BCUT2D eigenvalue weighted by Gasteiger charge is 2.30. The van der Waals surface area contributed by atoms with Gasteiger partial charge >= 0.3 is 0 Å². The van der Waals surface area contributed by atoms with Crippen LogP contribution in [0.2, 0.25) is 0 Å². The van der Waals surface area contributed by atoms with Crippen LogP contribution >= 0.6 is 0 Å². The fraction of sp³-hybridized carbons (Fsp3) is 0.464. The molecule has 0 N–H and O–H groups in total. The molecule has 1 aromatic heterocycles. The number of methoxy groups -OCH3 is 1. The summed E-state index contributed by atoms with van der Waals surface area (Å²) in [5, 5.41) is 0. The van der Waals surface area contributed by atoms with E-state index in [-0.39, 0.29) is 23.4 Å². The number of halogens is 2. The van der Waals surface area contributed by atoms with Crippen LogP contribution in [0.15, 0.2) is 65.0 Å². The van der Waals surface area contributed by atoms with Crippen LogP contribution in [0.25, 0.3) is 11.1 Å². The second-order valence-electron chi connectivity index (χ2n) is 9.76. The Morgan fingerprint density at radius 3 is 2.42 bits per heavy atom. The van der Waals surface area contributed by atoms with Crippen molar-refractivity contribution in [2.24, 2.45) is 10.9 Å². The molecule has 8 heteroatoms. The van der Waals surface area contributed by atoms with E-state index in [1.165, 1.54) is 6.08 Å². The normalized spacial score (nSPS) is 23.2. The largest absolute Gasteiger partial charge is 0.383 e. The minimum Gasteiger partial charge on any atom is -0.383 e. The zero-order valence-electron chi connectivity index (χ0n) is 21.0. The summed E-state index contributed by atoms with van der Waals surface area (Å²) < 4.78 is 34.2. The Labute approximate surface area is 211 Å². The topological polar surface area (TPSA) is 53.9 Å². The minimum atomic E-state index is -0.475. The predicted octanol–water partition coefficient (Wildman–Crippen LogP) is 5.30. The highest BCUT2D eigenvalue weighted by atomic mass is 19.1. The van der Waals surface area contributed by atoms with Crippen molar-refractivity contribution in [2.75, 3.05) is 51.3 Å². The third-order valence-electron chi connectivity index (χ3n) is 7.35. The summed E-state index contributed by atoms with van der Waals surface area (Å²) in [6.45, 7) is 7.26. The Morgan fingerprint density at radius 1 is 1.00 bits per heavy atom. The molecule has 2 aromatic rings. The summed E-state index contributed by atoms with van der Waals surface area (Å²) in [5.41, 5.74) is 3.66. The molecule has 3 aliphatic rings. The minimum absolute atomic E-state index is 0.0828. The number of anilines is 1. The number of piperazine rings is 1. The Hall–Kier alpha value is -2.97. The molecule has 1 saturated heterocycles. The van der Waals surface area contributed by atoms with Gasteiger partial charge in [-0.25, -0.2) is 18.7 Å². The number of aliphatic imine (C=N–C) groups is 1. The highest BCUT2D eigenvalue weighted by Crippen LogP contribution is 2.38. The molecule has 1 aromatic carbocycles. The first kappa shape index (κ1) is 24.7. The second-order valence-corrected chi connectivity index (χ2v) is 9.76. The Morgan fingerprint density at radius 2 is 1.72 bits per heavy atom. The van der Waals surface area contributed by atoms with Crippen LogP contribution < -0.4 is 4.90 Å². The lowest BCUT2D eigenvalue weighted by Crippen LogP contribution is -2.47. The van der Waals surface area contributed by atoms with Gasteiger partial charge in [-0.05, 0) is 36.5 Å². The van der Waals surface area contributed by atoms with E-state index >= 15 is 0 Å². The van der Waals surface area contributed by atoms with Crippen LogP contribution in [0.1, 0.15) is 37.8 Å². The lowest BCUT2D eigenvalue weighted by atomic mass is 9.92. The van der Waals surface area contributed by atoms with Crippen molar-refractivity contribution in [2.45, 2.75) is 32.2 Å². The summed E-state index contributed by atoms with van der Waals surface area (Å²) in [4.78, 5) is 18.5. The summed E-state index contributed by atoms with van der Waals surface area (Å²) in [7, 11) is 1.73. The highest BCUT2D eigenvalue weighted by molar-refractivity contribution is 6.05.